The second-order valence-electron chi connectivity index (χ2n) is 6.41. The lowest BCUT2D eigenvalue weighted by Gasteiger charge is -2.31. The summed E-state index contributed by atoms with van der Waals surface area (Å²) in [6.45, 7) is 2.10. The van der Waals surface area contributed by atoms with Gasteiger partial charge in [0.2, 0.25) is 5.91 Å². The third kappa shape index (κ3) is 5.21. The second-order valence-corrected chi connectivity index (χ2v) is 6.41. The summed E-state index contributed by atoms with van der Waals surface area (Å²) in [6, 6.07) is 7.42. The number of benzene rings is 1. The molecule has 1 aliphatic rings. The van der Waals surface area contributed by atoms with Gasteiger partial charge in [-0.05, 0) is 37.1 Å². The van der Waals surface area contributed by atoms with Crippen molar-refractivity contribution in [3.63, 3.8) is 0 Å². The molecule has 0 radical (unpaired) electrons. The van der Waals surface area contributed by atoms with Gasteiger partial charge in [0.05, 0.1) is 0 Å². The minimum absolute atomic E-state index is 0. The quantitative estimate of drug-likeness (QED) is 0.854. The third-order valence-corrected chi connectivity index (χ3v) is 4.64. The highest BCUT2D eigenvalue weighted by molar-refractivity contribution is 5.96. The summed E-state index contributed by atoms with van der Waals surface area (Å²) in [7, 11) is 1.89. The minimum atomic E-state index is -0.228. The largest absolute Gasteiger partial charge is 0.339 e. The van der Waals surface area contributed by atoms with Gasteiger partial charge in [0.15, 0.2) is 0 Å². The zero-order valence-electron chi connectivity index (χ0n) is 14.5. The van der Waals surface area contributed by atoms with E-state index in [1.165, 1.54) is 19.3 Å². The molecule has 2 rings (SSSR count). The van der Waals surface area contributed by atoms with Crippen LogP contribution >= 0.6 is 12.4 Å². The van der Waals surface area contributed by atoms with E-state index in [-0.39, 0.29) is 30.1 Å². The fraction of sp³-hybridized carbons (Fsp3) is 0.556. The number of carbonyl (C=O) groups excluding carboxylic acids is 2. The number of rotatable bonds is 5. The predicted molar refractivity (Wildman–Crippen MR) is 99.5 cm³/mol. The van der Waals surface area contributed by atoms with Crippen molar-refractivity contribution in [2.45, 2.75) is 45.1 Å². The van der Waals surface area contributed by atoms with Gasteiger partial charge >= 0.3 is 0 Å². The van der Waals surface area contributed by atoms with Crippen LogP contribution in [0.1, 0.15) is 49.4 Å². The fourth-order valence-electron chi connectivity index (χ4n) is 2.91. The lowest BCUT2D eigenvalue weighted by Crippen LogP contribution is -2.38. The van der Waals surface area contributed by atoms with Gasteiger partial charge in [0, 0.05) is 36.8 Å². The van der Waals surface area contributed by atoms with Crippen LogP contribution in [0.25, 0.3) is 0 Å². The molecule has 6 heteroatoms. The first kappa shape index (κ1) is 20.5. The number of amides is 2. The van der Waals surface area contributed by atoms with E-state index in [9.17, 15) is 9.59 Å². The Hall–Kier alpha value is -1.59. The van der Waals surface area contributed by atoms with Gasteiger partial charge in [-0.1, -0.05) is 26.2 Å². The van der Waals surface area contributed by atoms with E-state index < -0.39 is 0 Å². The average molecular weight is 354 g/mol. The van der Waals surface area contributed by atoms with Crippen LogP contribution in [0.15, 0.2) is 24.3 Å². The zero-order chi connectivity index (χ0) is 16.8. The Morgan fingerprint density at radius 2 is 1.79 bits per heavy atom. The maximum absolute atomic E-state index is 12.6. The second kappa shape index (κ2) is 9.64. The Bertz CT molecular complexity index is 542. The molecule has 1 atom stereocenters. The summed E-state index contributed by atoms with van der Waals surface area (Å²) >= 11 is 0. The van der Waals surface area contributed by atoms with Crippen molar-refractivity contribution in [3.8, 4) is 0 Å². The van der Waals surface area contributed by atoms with Crippen molar-refractivity contribution in [1.82, 2.24) is 4.90 Å². The van der Waals surface area contributed by atoms with Gasteiger partial charge < -0.3 is 16.0 Å². The first-order valence-corrected chi connectivity index (χ1v) is 8.41. The molecule has 0 aromatic heterocycles. The highest BCUT2D eigenvalue weighted by Crippen LogP contribution is 2.23. The molecule has 0 bridgehead atoms. The highest BCUT2D eigenvalue weighted by atomic mass is 35.5. The molecule has 5 nitrogen and oxygen atoms in total. The van der Waals surface area contributed by atoms with Gasteiger partial charge in [-0.15, -0.1) is 12.4 Å². The van der Waals surface area contributed by atoms with Crippen molar-refractivity contribution in [1.29, 1.82) is 0 Å². The third-order valence-electron chi connectivity index (χ3n) is 4.64. The van der Waals surface area contributed by atoms with E-state index in [0.29, 0.717) is 23.8 Å². The molecule has 1 aromatic carbocycles. The van der Waals surface area contributed by atoms with Gasteiger partial charge in [0.25, 0.3) is 5.91 Å². The van der Waals surface area contributed by atoms with Crippen molar-refractivity contribution >= 4 is 29.9 Å². The number of nitrogens with zero attached hydrogens (tertiary/aromatic N) is 1. The van der Waals surface area contributed by atoms with Crippen LogP contribution in [0.3, 0.4) is 0 Å². The van der Waals surface area contributed by atoms with Crippen molar-refractivity contribution in [3.05, 3.63) is 29.8 Å². The van der Waals surface area contributed by atoms with Gasteiger partial charge in [-0.2, -0.15) is 0 Å². The number of nitrogens with one attached hydrogen (secondary N) is 1. The summed E-state index contributed by atoms with van der Waals surface area (Å²) in [5, 5.41) is 2.81. The smallest absolute Gasteiger partial charge is 0.253 e. The fourth-order valence-corrected chi connectivity index (χ4v) is 2.91. The monoisotopic (exact) mass is 353 g/mol. The first-order valence-electron chi connectivity index (χ1n) is 8.41. The Kier molecular flexibility index (Phi) is 8.22. The van der Waals surface area contributed by atoms with Gasteiger partial charge in [-0.3, -0.25) is 9.59 Å². The summed E-state index contributed by atoms with van der Waals surface area (Å²) < 4.78 is 0. The predicted octanol–water partition coefficient (Wildman–Crippen LogP) is 3.05. The Morgan fingerprint density at radius 1 is 1.21 bits per heavy atom. The molecule has 2 amide bonds. The Morgan fingerprint density at radius 3 is 2.33 bits per heavy atom. The van der Waals surface area contributed by atoms with Crippen molar-refractivity contribution in [2.75, 3.05) is 18.9 Å². The molecule has 134 valence electrons. The SMILES string of the molecule is CC(CN)C(=O)Nc1ccc(C(=O)N(C)C2CCCCC2)cc1.Cl. The molecular formula is C18H28ClN3O2. The van der Waals surface area contributed by atoms with E-state index in [1.807, 2.05) is 11.9 Å². The van der Waals surface area contributed by atoms with E-state index in [0.717, 1.165) is 12.8 Å². The van der Waals surface area contributed by atoms with E-state index in [2.05, 4.69) is 5.32 Å². The summed E-state index contributed by atoms with van der Waals surface area (Å²) in [6.07, 6.45) is 5.86. The minimum Gasteiger partial charge on any atom is -0.339 e. The number of halogens is 1. The van der Waals surface area contributed by atoms with Crippen LogP contribution < -0.4 is 11.1 Å². The lowest BCUT2D eigenvalue weighted by atomic mass is 9.94. The molecule has 0 saturated heterocycles. The van der Waals surface area contributed by atoms with E-state index >= 15 is 0 Å². The van der Waals surface area contributed by atoms with Crippen LogP contribution in [0.5, 0.6) is 0 Å². The molecular weight excluding hydrogens is 326 g/mol. The Balaban J connectivity index is 0.00000288. The van der Waals surface area contributed by atoms with Gasteiger partial charge in [-0.25, -0.2) is 0 Å². The molecule has 1 aromatic rings. The molecule has 24 heavy (non-hydrogen) atoms. The average Bonchev–Trinajstić information content (AvgIpc) is 2.61. The number of nitrogens with two attached hydrogens (primary N) is 1. The van der Waals surface area contributed by atoms with Crippen LogP contribution in [-0.4, -0.2) is 36.3 Å². The normalized spacial score (nSPS) is 16.0. The van der Waals surface area contributed by atoms with Crippen LogP contribution in [0.2, 0.25) is 0 Å². The van der Waals surface area contributed by atoms with E-state index in [1.54, 1.807) is 31.2 Å². The molecule has 1 fully saturated rings. The number of anilines is 1. The molecule has 3 N–H and O–H groups in total. The molecule has 0 spiro atoms. The number of carbonyl (C=O) groups is 2. The molecule has 0 heterocycles. The highest BCUT2D eigenvalue weighted by Gasteiger charge is 2.22. The standard InChI is InChI=1S/C18H27N3O2.ClH/c1-13(12-19)17(22)20-15-10-8-14(9-11-15)18(23)21(2)16-6-4-3-5-7-16;/h8-11,13,16H,3-7,12,19H2,1-2H3,(H,20,22);1H. The maximum Gasteiger partial charge on any atom is 0.253 e. The molecule has 1 unspecified atom stereocenters. The van der Waals surface area contributed by atoms with Crippen LogP contribution in [0.4, 0.5) is 5.69 Å². The zero-order valence-corrected chi connectivity index (χ0v) is 15.3. The molecule has 1 aliphatic carbocycles. The lowest BCUT2D eigenvalue weighted by molar-refractivity contribution is -0.119. The molecule has 1 saturated carbocycles. The summed E-state index contributed by atoms with van der Waals surface area (Å²) in [4.78, 5) is 26.2. The van der Waals surface area contributed by atoms with Gasteiger partial charge in [0.1, 0.15) is 0 Å². The number of hydrogen-bond acceptors (Lipinski definition) is 3. The first-order chi connectivity index (χ1) is 11.0. The maximum atomic E-state index is 12.6. The summed E-state index contributed by atoms with van der Waals surface area (Å²) in [5.41, 5.74) is 6.83. The van der Waals surface area contributed by atoms with Crippen LogP contribution in [0, 0.1) is 5.92 Å². The summed E-state index contributed by atoms with van der Waals surface area (Å²) in [5.74, 6) is -0.287. The van der Waals surface area contributed by atoms with Crippen molar-refractivity contribution in [2.24, 2.45) is 11.7 Å². The van der Waals surface area contributed by atoms with Crippen molar-refractivity contribution < 1.29 is 9.59 Å². The number of hydrogen-bond donors (Lipinski definition) is 2. The molecule has 0 aliphatic heterocycles. The topological polar surface area (TPSA) is 75.4 Å². The Labute approximate surface area is 150 Å². The van der Waals surface area contributed by atoms with E-state index in [4.69, 9.17) is 5.73 Å². The van der Waals surface area contributed by atoms with Crippen LogP contribution in [-0.2, 0) is 4.79 Å².